The molecule has 0 amide bonds. The zero-order valence-corrected chi connectivity index (χ0v) is 14.7. The van der Waals surface area contributed by atoms with E-state index in [9.17, 15) is 26.3 Å². The summed E-state index contributed by atoms with van der Waals surface area (Å²) in [4.78, 5) is 3.97. The third-order valence-electron chi connectivity index (χ3n) is 5.34. The molecule has 146 valence electrons. The molecule has 3 rings (SSSR count). The highest BCUT2D eigenvalue weighted by molar-refractivity contribution is 5.74. The average molecular weight is 387 g/mol. The Morgan fingerprint density at radius 1 is 1.00 bits per heavy atom. The summed E-state index contributed by atoms with van der Waals surface area (Å²) < 4.78 is 81.5. The quantitative estimate of drug-likeness (QED) is 0.523. The van der Waals surface area contributed by atoms with Crippen LogP contribution in [-0.4, -0.2) is 16.8 Å². The van der Waals surface area contributed by atoms with Gasteiger partial charge in [0.15, 0.2) is 0 Å². The van der Waals surface area contributed by atoms with Crippen LogP contribution in [0.2, 0.25) is 0 Å². The summed E-state index contributed by atoms with van der Waals surface area (Å²) in [5.41, 5.74) is -1.79. The lowest BCUT2D eigenvalue weighted by Crippen LogP contribution is -2.44. The van der Waals surface area contributed by atoms with E-state index in [4.69, 9.17) is 0 Å². The third-order valence-corrected chi connectivity index (χ3v) is 5.34. The van der Waals surface area contributed by atoms with Crippen LogP contribution in [0.3, 0.4) is 0 Å². The van der Waals surface area contributed by atoms with E-state index in [1.807, 2.05) is 0 Å². The van der Waals surface area contributed by atoms with Gasteiger partial charge in [-0.1, -0.05) is 38.0 Å². The Balaban J connectivity index is 1.90. The zero-order valence-electron chi connectivity index (χ0n) is 14.7. The fourth-order valence-electron chi connectivity index (χ4n) is 3.63. The SMILES string of the molecule is CC1CCC(c2ccc(C3=CC=C(C=C(F)F)C(F)(F)C3(F)F)nc2)CC1. The van der Waals surface area contributed by atoms with E-state index in [0.717, 1.165) is 37.3 Å². The molecule has 1 aromatic rings. The summed E-state index contributed by atoms with van der Waals surface area (Å²) in [5.74, 6) is -8.45. The number of allylic oxidation sites excluding steroid dienone is 5. The van der Waals surface area contributed by atoms with Gasteiger partial charge in [-0.3, -0.25) is 4.98 Å². The molecule has 0 atom stereocenters. The second-order valence-electron chi connectivity index (χ2n) is 7.22. The van der Waals surface area contributed by atoms with Crippen molar-refractivity contribution >= 4 is 5.57 Å². The third kappa shape index (κ3) is 3.69. The van der Waals surface area contributed by atoms with Crippen molar-refractivity contribution in [2.24, 2.45) is 5.92 Å². The maximum Gasteiger partial charge on any atom is 0.341 e. The van der Waals surface area contributed by atoms with Gasteiger partial charge in [-0.05, 0) is 36.3 Å². The van der Waals surface area contributed by atoms with Crippen molar-refractivity contribution in [1.29, 1.82) is 0 Å². The molecule has 2 aliphatic carbocycles. The Morgan fingerprint density at radius 3 is 2.22 bits per heavy atom. The van der Waals surface area contributed by atoms with Crippen molar-refractivity contribution in [3.63, 3.8) is 0 Å². The van der Waals surface area contributed by atoms with E-state index < -0.39 is 29.1 Å². The number of hydrogen-bond donors (Lipinski definition) is 0. The largest absolute Gasteiger partial charge is 0.341 e. The molecular weight excluding hydrogens is 368 g/mol. The summed E-state index contributed by atoms with van der Waals surface area (Å²) in [6.07, 6.45) is 4.19. The molecule has 0 spiro atoms. The maximum atomic E-state index is 14.4. The first-order valence-corrected chi connectivity index (χ1v) is 8.80. The van der Waals surface area contributed by atoms with Gasteiger partial charge >= 0.3 is 11.8 Å². The highest BCUT2D eigenvalue weighted by Crippen LogP contribution is 2.51. The topological polar surface area (TPSA) is 12.9 Å². The molecule has 1 fully saturated rings. The first-order chi connectivity index (χ1) is 12.6. The van der Waals surface area contributed by atoms with Crippen LogP contribution in [0.5, 0.6) is 0 Å². The predicted molar refractivity (Wildman–Crippen MR) is 90.9 cm³/mol. The molecular formula is C20H19F6N. The van der Waals surface area contributed by atoms with E-state index >= 15 is 0 Å². The molecule has 0 unspecified atom stereocenters. The minimum atomic E-state index is -4.75. The highest BCUT2D eigenvalue weighted by Gasteiger charge is 2.62. The van der Waals surface area contributed by atoms with E-state index in [0.29, 0.717) is 12.0 Å². The van der Waals surface area contributed by atoms with Gasteiger partial charge in [0.1, 0.15) is 0 Å². The standard InChI is InChI=1S/C20H19F6N/c1-12-2-4-13(5-3-12)14-6-9-17(27-11-14)16-8-7-15(10-18(21)22)19(23,24)20(16,25)26/h6-13H,2-5H2,1H3. The van der Waals surface area contributed by atoms with Gasteiger partial charge in [-0.25, -0.2) is 0 Å². The summed E-state index contributed by atoms with van der Waals surface area (Å²) in [5, 5.41) is 0. The molecule has 7 heteroatoms. The monoisotopic (exact) mass is 387 g/mol. The highest BCUT2D eigenvalue weighted by atomic mass is 19.3. The first kappa shape index (κ1) is 19.7. The Labute approximate surface area is 153 Å². The molecule has 1 aromatic heterocycles. The summed E-state index contributed by atoms with van der Waals surface area (Å²) in [6, 6.07) is 2.94. The number of halogens is 6. The second-order valence-corrected chi connectivity index (χ2v) is 7.22. The molecule has 0 N–H and O–H groups in total. The molecule has 0 aromatic carbocycles. The van der Waals surface area contributed by atoms with Crippen LogP contribution < -0.4 is 0 Å². The lowest BCUT2D eigenvalue weighted by Gasteiger charge is -2.32. The Hall–Kier alpha value is -2.05. The minimum absolute atomic E-state index is 0.234. The number of pyridine rings is 1. The lowest BCUT2D eigenvalue weighted by atomic mass is 9.80. The van der Waals surface area contributed by atoms with Gasteiger partial charge in [-0.2, -0.15) is 26.3 Å². The van der Waals surface area contributed by atoms with Gasteiger partial charge in [0, 0.05) is 17.8 Å². The summed E-state index contributed by atoms with van der Waals surface area (Å²) >= 11 is 0. The van der Waals surface area contributed by atoms with Gasteiger partial charge < -0.3 is 0 Å². The van der Waals surface area contributed by atoms with Crippen LogP contribution in [-0.2, 0) is 0 Å². The van der Waals surface area contributed by atoms with E-state index in [2.05, 4.69) is 11.9 Å². The Bertz CT molecular complexity index is 779. The van der Waals surface area contributed by atoms with E-state index in [1.54, 1.807) is 6.07 Å². The van der Waals surface area contributed by atoms with Crippen molar-refractivity contribution < 1.29 is 26.3 Å². The van der Waals surface area contributed by atoms with Crippen LogP contribution >= 0.6 is 0 Å². The smallest absolute Gasteiger partial charge is 0.256 e. The molecule has 0 radical (unpaired) electrons. The fourth-order valence-corrected chi connectivity index (χ4v) is 3.63. The predicted octanol–water partition coefficient (Wildman–Crippen LogP) is 6.75. The average Bonchev–Trinajstić information content (AvgIpc) is 2.60. The fraction of sp³-hybridized carbons (Fsp3) is 0.450. The van der Waals surface area contributed by atoms with Gasteiger partial charge in [0.25, 0.3) is 6.08 Å². The van der Waals surface area contributed by atoms with Gasteiger partial charge in [0.05, 0.1) is 11.3 Å². The van der Waals surface area contributed by atoms with E-state index in [-0.39, 0.29) is 17.7 Å². The maximum absolute atomic E-state index is 14.4. The van der Waals surface area contributed by atoms with Crippen molar-refractivity contribution in [1.82, 2.24) is 4.98 Å². The van der Waals surface area contributed by atoms with Crippen LogP contribution in [0.15, 0.2) is 48.2 Å². The van der Waals surface area contributed by atoms with E-state index in [1.165, 1.54) is 12.3 Å². The molecule has 0 saturated heterocycles. The lowest BCUT2D eigenvalue weighted by molar-refractivity contribution is -0.146. The van der Waals surface area contributed by atoms with Crippen LogP contribution in [0.25, 0.3) is 5.57 Å². The van der Waals surface area contributed by atoms with Crippen LogP contribution in [0.1, 0.15) is 49.8 Å². The van der Waals surface area contributed by atoms with Crippen molar-refractivity contribution in [3.8, 4) is 0 Å². The number of hydrogen-bond acceptors (Lipinski definition) is 1. The zero-order chi connectivity index (χ0) is 19.8. The molecule has 1 saturated carbocycles. The first-order valence-electron chi connectivity index (χ1n) is 8.80. The van der Waals surface area contributed by atoms with Gasteiger partial charge in [0.2, 0.25) is 0 Å². The summed E-state index contributed by atoms with van der Waals surface area (Å²) in [7, 11) is 0. The number of rotatable bonds is 3. The minimum Gasteiger partial charge on any atom is -0.256 e. The molecule has 0 aliphatic heterocycles. The number of alkyl halides is 4. The molecule has 1 nitrogen and oxygen atoms in total. The Kier molecular flexibility index (Phi) is 5.23. The summed E-state index contributed by atoms with van der Waals surface area (Å²) in [6.45, 7) is 2.18. The molecule has 2 aliphatic rings. The second kappa shape index (κ2) is 7.17. The van der Waals surface area contributed by atoms with Crippen molar-refractivity contribution in [2.75, 3.05) is 0 Å². The molecule has 1 heterocycles. The number of nitrogens with zero attached hydrogens (tertiary/aromatic N) is 1. The number of aromatic nitrogens is 1. The normalized spacial score (nSPS) is 26.8. The van der Waals surface area contributed by atoms with Crippen LogP contribution in [0.4, 0.5) is 26.3 Å². The van der Waals surface area contributed by atoms with Crippen molar-refractivity contribution in [2.45, 2.75) is 50.4 Å². The van der Waals surface area contributed by atoms with Crippen LogP contribution in [0, 0.1) is 5.92 Å². The van der Waals surface area contributed by atoms with Gasteiger partial charge in [-0.15, -0.1) is 0 Å². The Morgan fingerprint density at radius 2 is 1.67 bits per heavy atom. The van der Waals surface area contributed by atoms with Crippen molar-refractivity contribution in [3.05, 3.63) is 59.5 Å². The molecule has 27 heavy (non-hydrogen) atoms. The molecule has 0 bridgehead atoms.